The number of nitrogens with zero attached hydrogens (tertiary/aromatic N) is 1. The highest BCUT2D eigenvalue weighted by atomic mass is 16.1. The first kappa shape index (κ1) is 12.0. The molecule has 4 heteroatoms. The minimum atomic E-state index is 0.0996. The molecule has 1 aliphatic rings. The van der Waals surface area contributed by atoms with E-state index in [1.54, 1.807) is 6.20 Å². The van der Waals surface area contributed by atoms with Gasteiger partial charge in [0.1, 0.15) is 0 Å². The van der Waals surface area contributed by atoms with Crippen LogP contribution in [0.5, 0.6) is 0 Å². The average Bonchev–Trinajstić information content (AvgIpc) is 2.33. The quantitative estimate of drug-likeness (QED) is 0.835. The summed E-state index contributed by atoms with van der Waals surface area (Å²) in [4.78, 5) is 16.0. The van der Waals surface area contributed by atoms with Crippen molar-refractivity contribution in [1.82, 2.24) is 10.3 Å². The Balaban J connectivity index is 1.82. The van der Waals surface area contributed by atoms with Crippen LogP contribution in [0.15, 0.2) is 18.3 Å². The van der Waals surface area contributed by atoms with Gasteiger partial charge in [0.25, 0.3) is 0 Å². The topological polar surface area (TPSA) is 54.0 Å². The molecular formula is C13H19N3O. The van der Waals surface area contributed by atoms with E-state index >= 15 is 0 Å². The lowest BCUT2D eigenvalue weighted by Crippen LogP contribution is -2.30. The van der Waals surface area contributed by atoms with Gasteiger partial charge in [0.15, 0.2) is 0 Å². The van der Waals surface area contributed by atoms with E-state index in [-0.39, 0.29) is 5.91 Å². The molecule has 0 unspecified atom stereocenters. The maximum Gasteiger partial charge on any atom is 0.224 e. The number of pyridine rings is 1. The van der Waals surface area contributed by atoms with E-state index in [0.717, 1.165) is 37.3 Å². The summed E-state index contributed by atoms with van der Waals surface area (Å²) in [5.74, 6) is 0.622. The van der Waals surface area contributed by atoms with Crippen LogP contribution in [-0.4, -0.2) is 24.0 Å². The largest absolute Gasteiger partial charge is 0.325 e. The van der Waals surface area contributed by atoms with Crippen molar-refractivity contribution >= 4 is 11.6 Å². The van der Waals surface area contributed by atoms with Crippen LogP contribution < -0.4 is 10.6 Å². The van der Waals surface area contributed by atoms with Gasteiger partial charge in [0.2, 0.25) is 5.91 Å². The number of anilines is 1. The van der Waals surface area contributed by atoms with Gasteiger partial charge in [-0.3, -0.25) is 9.78 Å². The summed E-state index contributed by atoms with van der Waals surface area (Å²) >= 11 is 0. The standard InChI is InChI=1S/C13H19N3O/c1-10-2-3-12(9-15-10)16-13(17)8-11-4-6-14-7-5-11/h2-3,9,11,14H,4-8H2,1H3,(H,16,17). The van der Waals surface area contributed by atoms with Crippen molar-refractivity contribution < 1.29 is 4.79 Å². The molecule has 0 bridgehead atoms. The second-order valence-corrected chi connectivity index (χ2v) is 4.63. The number of nitrogens with one attached hydrogen (secondary N) is 2. The molecule has 92 valence electrons. The van der Waals surface area contributed by atoms with E-state index < -0.39 is 0 Å². The molecule has 2 N–H and O–H groups in total. The second-order valence-electron chi connectivity index (χ2n) is 4.63. The third-order valence-electron chi connectivity index (χ3n) is 3.13. The third-order valence-corrected chi connectivity index (χ3v) is 3.13. The number of aromatic nitrogens is 1. The van der Waals surface area contributed by atoms with Crippen LogP contribution in [0.1, 0.15) is 25.0 Å². The van der Waals surface area contributed by atoms with Gasteiger partial charge in [-0.15, -0.1) is 0 Å². The van der Waals surface area contributed by atoms with E-state index in [1.165, 1.54) is 0 Å². The second kappa shape index (κ2) is 5.77. The zero-order chi connectivity index (χ0) is 12.1. The number of piperidine rings is 1. The number of carbonyl (C=O) groups is 1. The molecule has 1 aromatic heterocycles. The Labute approximate surface area is 102 Å². The van der Waals surface area contributed by atoms with E-state index in [9.17, 15) is 4.79 Å². The Hall–Kier alpha value is -1.42. The van der Waals surface area contributed by atoms with Gasteiger partial charge in [-0.25, -0.2) is 0 Å². The molecule has 1 fully saturated rings. The summed E-state index contributed by atoms with van der Waals surface area (Å²) in [5, 5.41) is 6.20. The number of carbonyl (C=O) groups excluding carboxylic acids is 1. The van der Waals surface area contributed by atoms with Gasteiger partial charge >= 0.3 is 0 Å². The number of hydrogen-bond donors (Lipinski definition) is 2. The fraction of sp³-hybridized carbons (Fsp3) is 0.538. The van der Waals surface area contributed by atoms with Crippen LogP contribution >= 0.6 is 0 Å². The van der Waals surface area contributed by atoms with E-state index in [0.29, 0.717) is 12.3 Å². The minimum Gasteiger partial charge on any atom is -0.325 e. The lowest BCUT2D eigenvalue weighted by atomic mass is 9.94. The molecule has 2 rings (SSSR count). The van der Waals surface area contributed by atoms with Crippen molar-refractivity contribution in [2.75, 3.05) is 18.4 Å². The smallest absolute Gasteiger partial charge is 0.224 e. The van der Waals surface area contributed by atoms with Crippen LogP contribution in [0, 0.1) is 12.8 Å². The minimum absolute atomic E-state index is 0.0996. The highest BCUT2D eigenvalue weighted by molar-refractivity contribution is 5.90. The molecule has 1 saturated heterocycles. The molecule has 0 saturated carbocycles. The van der Waals surface area contributed by atoms with Crippen LogP contribution in [0.25, 0.3) is 0 Å². The monoisotopic (exact) mass is 233 g/mol. The fourth-order valence-corrected chi connectivity index (χ4v) is 2.10. The molecule has 2 heterocycles. The Bertz CT molecular complexity index is 369. The van der Waals surface area contributed by atoms with Crippen molar-refractivity contribution in [1.29, 1.82) is 0 Å². The summed E-state index contributed by atoms with van der Waals surface area (Å²) in [7, 11) is 0. The summed E-state index contributed by atoms with van der Waals surface area (Å²) < 4.78 is 0. The first-order chi connectivity index (χ1) is 8.24. The van der Waals surface area contributed by atoms with Crippen molar-refractivity contribution in [3.8, 4) is 0 Å². The van der Waals surface area contributed by atoms with Gasteiger partial charge in [0, 0.05) is 12.1 Å². The molecule has 1 aromatic rings. The Morgan fingerprint density at radius 1 is 1.47 bits per heavy atom. The number of rotatable bonds is 3. The maximum atomic E-state index is 11.8. The number of hydrogen-bond acceptors (Lipinski definition) is 3. The predicted octanol–water partition coefficient (Wildman–Crippen LogP) is 1.72. The average molecular weight is 233 g/mol. The van der Waals surface area contributed by atoms with Gasteiger partial charge in [-0.1, -0.05) is 0 Å². The van der Waals surface area contributed by atoms with E-state index in [1.807, 2.05) is 19.1 Å². The first-order valence-electron chi connectivity index (χ1n) is 6.17. The van der Waals surface area contributed by atoms with Crippen LogP contribution in [0.3, 0.4) is 0 Å². The van der Waals surface area contributed by atoms with Crippen LogP contribution in [0.2, 0.25) is 0 Å². The van der Waals surface area contributed by atoms with Crippen LogP contribution in [-0.2, 0) is 4.79 Å². The summed E-state index contributed by atoms with van der Waals surface area (Å²) in [6.45, 7) is 3.99. The Morgan fingerprint density at radius 3 is 2.88 bits per heavy atom. The van der Waals surface area contributed by atoms with Crippen molar-refractivity contribution in [3.05, 3.63) is 24.0 Å². The zero-order valence-corrected chi connectivity index (χ0v) is 10.2. The SMILES string of the molecule is Cc1ccc(NC(=O)CC2CCNCC2)cn1. The van der Waals surface area contributed by atoms with Gasteiger partial charge < -0.3 is 10.6 Å². The van der Waals surface area contributed by atoms with Crippen molar-refractivity contribution in [3.63, 3.8) is 0 Å². The van der Waals surface area contributed by atoms with Crippen molar-refractivity contribution in [2.24, 2.45) is 5.92 Å². The summed E-state index contributed by atoms with van der Waals surface area (Å²) in [5.41, 5.74) is 1.75. The molecule has 4 nitrogen and oxygen atoms in total. The zero-order valence-electron chi connectivity index (χ0n) is 10.2. The summed E-state index contributed by atoms with van der Waals surface area (Å²) in [6.07, 6.45) is 4.52. The van der Waals surface area contributed by atoms with Gasteiger partial charge in [-0.2, -0.15) is 0 Å². The van der Waals surface area contributed by atoms with Gasteiger partial charge in [0.05, 0.1) is 11.9 Å². The number of amides is 1. The third kappa shape index (κ3) is 3.82. The molecule has 1 amide bonds. The molecule has 0 spiro atoms. The predicted molar refractivity (Wildman–Crippen MR) is 67.8 cm³/mol. The van der Waals surface area contributed by atoms with Gasteiger partial charge in [-0.05, 0) is 50.9 Å². The summed E-state index contributed by atoms with van der Waals surface area (Å²) in [6, 6.07) is 3.79. The van der Waals surface area contributed by atoms with Crippen molar-refractivity contribution in [2.45, 2.75) is 26.2 Å². The normalized spacial score (nSPS) is 16.8. The Kier molecular flexibility index (Phi) is 4.09. The molecule has 1 aliphatic heterocycles. The fourth-order valence-electron chi connectivity index (χ4n) is 2.10. The molecule has 0 aromatic carbocycles. The van der Waals surface area contributed by atoms with E-state index in [2.05, 4.69) is 15.6 Å². The highest BCUT2D eigenvalue weighted by Crippen LogP contribution is 2.17. The molecule has 0 aliphatic carbocycles. The molecule has 17 heavy (non-hydrogen) atoms. The highest BCUT2D eigenvalue weighted by Gasteiger charge is 2.16. The maximum absolute atomic E-state index is 11.8. The Morgan fingerprint density at radius 2 is 2.24 bits per heavy atom. The molecule has 0 radical (unpaired) electrons. The first-order valence-corrected chi connectivity index (χ1v) is 6.17. The van der Waals surface area contributed by atoms with E-state index in [4.69, 9.17) is 0 Å². The van der Waals surface area contributed by atoms with Crippen LogP contribution in [0.4, 0.5) is 5.69 Å². The lowest BCUT2D eigenvalue weighted by molar-refractivity contribution is -0.117. The molecule has 0 atom stereocenters. The lowest BCUT2D eigenvalue weighted by Gasteiger charge is -2.21. The molecular weight excluding hydrogens is 214 g/mol. The number of aryl methyl sites for hydroxylation is 1.